The molecular formula is C12H24N2O2. The van der Waals surface area contributed by atoms with Gasteiger partial charge >= 0.3 is 6.09 Å². The summed E-state index contributed by atoms with van der Waals surface area (Å²) in [6.45, 7) is 9.52. The van der Waals surface area contributed by atoms with Gasteiger partial charge in [0.2, 0.25) is 0 Å². The van der Waals surface area contributed by atoms with Crippen molar-refractivity contribution in [3.63, 3.8) is 0 Å². The van der Waals surface area contributed by atoms with Gasteiger partial charge in [-0.1, -0.05) is 20.8 Å². The molecule has 1 saturated heterocycles. The Hall–Kier alpha value is -0.770. The second-order valence-electron chi connectivity index (χ2n) is 5.94. The molecule has 0 aromatic heterocycles. The predicted molar refractivity (Wildman–Crippen MR) is 64.6 cm³/mol. The summed E-state index contributed by atoms with van der Waals surface area (Å²) in [5, 5.41) is 12.5. The van der Waals surface area contributed by atoms with Crippen molar-refractivity contribution in [1.82, 2.24) is 10.2 Å². The van der Waals surface area contributed by atoms with E-state index in [0.29, 0.717) is 19.0 Å². The van der Waals surface area contributed by atoms with Crippen LogP contribution in [0.1, 0.15) is 33.6 Å². The Morgan fingerprint density at radius 3 is 2.62 bits per heavy atom. The minimum atomic E-state index is -0.791. The smallest absolute Gasteiger partial charge is 0.407 e. The van der Waals surface area contributed by atoms with E-state index >= 15 is 0 Å². The molecule has 94 valence electrons. The number of rotatable bonds is 3. The lowest BCUT2D eigenvalue weighted by Gasteiger charge is -2.32. The lowest BCUT2D eigenvalue weighted by Crippen LogP contribution is -2.43. The van der Waals surface area contributed by atoms with Crippen LogP contribution < -0.4 is 5.32 Å². The zero-order valence-electron chi connectivity index (χ0n) is 10.6. The van der Waals surface area contributed by atoms with Gasteiger partial charge in [0, 0.05) is 13.1 Å². The highest BCUT2D eigenvalue weighted by Crippen LogP contribution is 2.18. The van der Waals surface area contributed by atoms with Crippen molar-refractivity contribution in [3.05, 3.63) is 0 Å². The Morgan fingerprint density at radius 1 is 1.50 bits per heavy atom. The summed E-state index contributed by atoms with van der Waals surface area (Å²) in [4.78, 5) is 12.7. The van der Waals surface area contributed by atoms with E-state index in [2.05, 4.69) is 26.1 Å². The maximum atomic E-state index is 11.2. The number of hydrogen-bond donors (Lipinski definition) is 2. The van der Waals surface area contributed by atoms with E-state index < -0.39 is 6.09 Å². The molecule has 0 radical (unpaired) electrons. The number of hydrogen-bond acceptors (Lipinski definition) is 2. The van der Waals surface area contributed by atoms with Gasteiger partial charge in [0.15, 0.2) is 0 Å². The van der Waals surface area contributed by atoms with Crippen LogP contribution in [0, 0.1) is 11.3 Å². The topological polar surface area (TPSA) is 52.6 Å². The minimum Gasteiger partial charge on any atom is -0.465 e. The number of carboxylic acid groups (broad SMARTS) is 1. The zero-order chi connectivity index (χ0) is 12.2. The summed E-state index contributed by atoms with van der Waals surface area (Å²) < 4.78 is 0. The van der Waals surface area contributed by atoms with Crippen LogP contribution in [0.2, 0.25) is 0 Å². The van der Waals surface area contributed by atoms with Crippen LogP contribution in [-0.4, -0.2) is 42.3 Å². The van der Waals surface area contributed by atoms with E-state index in [1.807, 2.05) is 0 Å². The van der Waals surface area contributed by atoms with Crippen LogP contribution in [0.15, 0.2) is 0 Å². The Bertz CT molecular complexity index is 230. The summed E-state index contributed by atoms with van der Waals surface area (Å²) in [5.74, 6) is 0.479. The molecule has 4 nitrogen and oxygen atoms in total. The Balaban J connectivity index is 2.47. The van der Waals surface area contributed by atoms with E-state index in [1.165, 1.54) is 0 Å². The van der Waals surface area contributed by atoms with Gasteiger partial charge in [-0.05, 0) is 37.3 Å². The monoisotopic (exact) mass is 228 g/mol. The van der Waals surface area contributed by atoms with Crippen molar-refractivity contribution in [2.75, 3.05) is 26.2 Å². The lowest BCUT2D eigenvalue weighted by atomic mass is 9.94. The first-order valence-electron chi connectivity index (χ1n) is 6.07. The van der Waals surface area contributed by atoms with Gasteiger partial charge in [0.1, 0.15) is 0 Å². The van der Waals surface area contributed by atoms with Gasteiger partial charge in [-0.3, -0.25) is 0 Å². The van der Waals surface area contributed by atoms with Crippen LogP contribution in [0.25, 0.3) is 0 Å². The molecular weight excluding hydrogens is 204 g/mol. The first-order valence-corrected chi connectivity index (χ1v) is 6.07. The van der Waals surface area contributed by atoms with Crippen LogP contribution in [0.3, 0.4) is 0 Å². The minimum absolute atomic E-state index is 0.0283. The molecule has 16 heavy (non-hydrogen) atoms. The summed E-state index contributed by atoms with van der Waals surface area (Å²) in [6, 6.07) is 0. The quantitative estimate of drug-likeness (QED) is 0.777. The largest absolute Gasteiger partial charge is 0.465 e. The zero-order valence-corrected chi connectivity index (χ0v) is 10.6. The van der Waals surface area contributed by atoms with Gasteiger partial charge in [-0.25, -0.2) is 4.79 Å². The molecule has 0 saturated carbocycles. The van der Waals surface area contributed by atoms with Crippen molar-refractivity contribution in [3.8, 4) is 0 Å². The fourth-order valence-corrected chi connectivity index (χ4v) is 2.17. The molecule has 0 aliphatic carbocycles. The third-order valence-corrected chi connectivity index (χ3v) is 2.81. The number of amides is 1. The van der Waals surface area contributed by atoms with Crippen molar-refractivity contribution in [2.45, 2.75) is 33.6 Å². The number of carbonyl (C=O) groups is 1. The fraction of sp³-hybridized carbons (Fsp3) is 0.917. The molecule has 0 aromatic rings. The molecule has 1 amide bonds. The second kappa shape index (κ2) is 5.53. The van der Waals surface area contributed by atoms with E-state index in [-0.39, 0.29) is 5.41 Å². The van der Waals surface area contributed by atoms with Gasteiger partial charge in [-0.2, -0.15) is 0 Å². The van der Waals surface area contributed by atoms with Crippen molar-refractivity contribution >= 4 is 6.09 Å². The maximum Gasteiger partial charge on any atom is 0.407 e. The first-order chi connectivity index (χ1) is 7.38. The van der Waals surface area contributed by atoms with Gasteiger partial charge in [0.05, 0.1) is 0 Å². The highest BCUT2D eigenvalue weighted by molar-refractivity contribution is 5.65. The highest BCUT2D eigenvalue weighted by atomic mass is 16.4. The Morgan fingerprint density at radius 2 is 2.19 bits per heavy atom. The second-order valence-corrected chi connectivity index (χ2v) is 5.94. The SMILES string of the molecule is CC(C)(C)CN(C[C@H]1CCCNC1)C(=O)O. The van der Waals surface area contributed by atoms with Crippen LogP contribution in [0.5, 0.6) is 0 Å². The fourth-order valence-electron chi connectivity index (χ4n) is 2.17. The molecule has 1 rings (SSSR count). The molecule has 0 bridgehead atoms. The summed E-state index contributed by atoms with van der Waals surface area (Å²) in [5.41, 5.74) is 0.0283. The average Bonchev–Trinajstić information content (AvgIpc) is 2.16. The van der Waals surface area contributed by atoms with Crippen LogP contribution in [-0.2, 0) is 0 Å². The molecule has 0 aromatic carbocycles. The van der Waals surface area contributed by atoms with Crippen LogP contribution >= 0.6 is 0 Å². The molecule has 1 heterocycles. The van der Waals surface area contributed by atoms with E-state index in [9.17, 15) is 9.90 Å². The highest BCUT2D eigenvalue weighted by Gasteiger charge is 2.24. The average molecular weight is 228 g/mol. The molecule has 4 heteroatoms. The third kappa shape index (κ3) is 4.84. The molecule has 0 unspecified atom stereocenters. The molecule has 1 aliphatic rings. The number of nitrogens with zero attached hydrogens (tertiary/aromatic N) is 1. The maximum absolute atomic E-state index is 11.2. The predicted octanol–water partition coefficient (Wildman–Crippen LogP) is 2.01. The molecule has 1 aliphatic heterocycles. The van der Waals surface area contributed by atoms with E-state index in [4.69, 9.17) is 0 Å². The summed E-state index contributed by atoms with van der Waals surface area (Å²) in [7, 11) is 0. The van der Waals surface area contributed by atoms with E-state index in [1.54, 1.807) is 4.90 Å². The normalized spacial score (nSPS) is 21.8. The first kappa shape index (κ1) is 13.3. The van der Waals surface area contributed by atoms with Gasteiger partial charge < -0.3 is 15.3 Å². The third-order valence-electron chi connectivity index (χ3n) is 2.81. The Kier molecular flexibility index (Phi) is 4.59. The number of nitrogens with one attached hydrogen (secondary N) is 1. The molecule has 0 spiro atoms. The molecule has 1 fully saturated rings. The standard InChI is InChI=1S/C12H24N2O2/c1-12(2,3)9-14(11(15)16)8-10-5-4-6-13-7-10/h10,13H,4-9H2,1-3H3,(H,15,16)/t10-/m0/s1. The van der Waals surface area contributed by atoms with Crippen LogP contribution in [0.4, 0.5) is 4.79 Å². The lowest BCUT2D eigenvalue weighted by molar-refractivity contribution is 0.113. The van der Waals surface area contributed by atoms with E-state index in [0.717, 1.165) is 25.9 Å². The van der Waals surface area contributed by atoms with Gasteiger partial charge in [-0.15, -0.1) is 0 Å². The molecule has 2 N–H and O–H groups in total. The van der Waals surface area contributed by atoms with Gasteiger partial charge in [0.25, 0.3) is 0 Å². The molecule has 1 atom stereocenters. The summed E-state index contributed by atoms with van der Waals surface area (Å²) in [6.07, 6.45) is 1.51. The Labute approximate surface area is 98.0 Å². The van der Waals surface area contributed by atoms with Crippen molar-refractivity contribution < 1.29 is 9.90 Å². The number of piperidine rings is 1. The van der Waals surface area contributed by atoms with Crippen molar-refractivity contribution in [2.24, 2.45) is 11.3 Å². The van der Waals surface area contributed by atoms with Crippen molar-refractivity contribution in [1.29, 1.82) is 0 Å². The summed E-state index contributed by atoms with van der Waals surface area (Å²) >= 11 is 0.